The van der Waals surface area contributed by atoms with Crippen LogP contribution in [0, 0.1) is 0 Å². The van der Waals surface area contributed by atoms with Crippen LogP contribution >= 0.6 is 0 Å². The molecular weight excluding hydrogens is 340 g/mol. The highest BCUT2D eigenvalue weighted by molar-refractivity contribution is 5.86. The van der Waals surface area contributed by atoms with E-state index in [-0.39, 0.29) is 7.43 Å². The molecule has 5 heteroatoms. The number of hydrogen-bond donors (Lipinski definition) is 0. The maximum atomic E-state index is 11.5. The predicted octanol–water partition coefficient (Wildman–Crippen LogP) is 3.71. The van der Waals surface area contributed by atoms with Gasteiger partial charge in [0.15, 0.2) is 6.29 Å². The first-order valence-corrected chi connectivity index (χ1v) is 8.45. The Balaban J connectivity index is 0.00000210. The van der Waals surface area contributed by atoms with Crippen molar-refractivity contribution >= 4 is 22.9 Å². The third-order valence-electron chi connectivity index (χ3n) is 4.95. The number of hydrogen-bond acceptors (Lipinski definition) is 5. The van der Waals surface area contributed by atoms with E-state index in [0.717, 1.165) is 51.0 Å². The van der Waals surface area contributed by atoms with Gasteiger partial charge in [0.25, 0.3) is 0 Å². The lowest BCUT2D eigenvalue weighted by Gasteiger charge is -2.31. The van der Waals surface area contributed by atoms with Crippen LogP contribution in [0.15, 0.2) is 59.8 Å². The van der Waals surface area contributed by atoms with Crippen molar-refractivity contribution in [1.29, 1.82) is 0 Å². The first-order valence-electron chi connectivity index (χ1n) is 8.45. The van der Waals surface area contributed by atoms with Gasteiger partial charge < -0.3 is 19.2 Å². The molecule has 0 amide bonds. The molecule has 0 N–H and O–H groups in total. The van der Waals surface area contributed by atoms with Crippen molar-refractivity contribution in [2.24, 2.45) is 0 Å². The molecule has 3 heterocycles. The zero-order chi connectivity index (χ0) is 18.3. The van der Waals surface area contributed by atoms with E-state index in [0.29, 0.717) is 13.2 Å². The summed E-state index contributed by atoms with van der Waals surface area (Å²) in [5, 5.41) is 1.12. The van der Waals surface area contributed by atoms with Gasteiger partial charge in [-0.25, -0.2) is 4.98 Å². The van der Waals surface area contributed by atoms with Crippen LogP contribution in [0.3, 0.4) is 0 Å². The maximum Gasteiger partial charge on any atom is 0.153 e. The molecular formula is C22H24N2O3. The minimum Gasteiger partial charge on any atom is -0.380 e. The third-order valence-corrected chi connectivity index (χ3v) is 4.95. The lowest BCUT2D eigenvalue weighted by Crippen LogP contribution is -2.27. The quantitative estimate of drug-likeness (QED) is 0.757. The number of para-hydroxylation sites is 1. The number of aromatic nitrogens is 1. The summed E-state index contributed by atoms with van der Waals surface area (Å²) in [5.41, 5.74) is 6.47. The Kier molecular flexibility index (Phi) is 5.26. The highest BCUT2D eigenvalue weighted by Crippen LogP contribution is 2.42. The summed E-state index contributed by atoms with van der Waals surface area (Å²) < 4.78 is 10.7. The topological polar surface area (TPSA) is 51.7 Å². The van der Waals surface area contributed by atoms with Crippen molar-refractivity contribution < 1.29 is 14.3 Å². The molecule has 2 aromatic rings. The Bertz CT molecular complexity index is 975. The molecule has 1 atom stereocenters. The summed E-state index contributed by atoms with van der Waals surface area (Å²) in [4.78, 5) is 18.5. The zero-order valence-electron chi connectivity index (χ0n) is 14.9. The van der Waals surface area contributed by atoms with E-state index in [1.807, 2.05) is 24.3 Å². The highest BCUT2D eigenvalue weighted by Gasteiger charge is 2.34. The number of carbonyl (C=O) groups excluding carboxylic acids is 1. The molecule has 1 aromatic carbocycles. The van der Waals surface area contributed by atoms with Gasteiger partial charge in [-0.3, -0.25) is 0 Å². The van der Waals surface area contributed by atoms with Gasteiger partial charge in [0.05, 0.1) is 30.1 Å². The largest absolute Gasteiger partial charge is 0.380 e. The molecule has 0 saturated heterocycles. The van der Waals surface area contributed by atoms with Crippen LogP contribution in [0.25, 0.3) is 16.6 Å². The van der Waals surface area contributed by atoms with E-state index >= 15 is 0 Å². The Hall–Kier alpha value is -2.76. The van der Waals surface area contributed by atoms with E-state index in [9.17, 15) is 4.79 Å². The van der Waals surface area contributed by atoms with Crippen molar-refractivity contribution in [1.82, 2.24) is 9.88 Å². The number of fused-ring (bicyclic) bond motifs is 4. The van der Waals surface area contributed by atoms with Crippen LogP contribution in [-0.4, -0.2) is 43.1 Å². The molecule has 2 aliphatic rings. The van der Waals surface area contributed by atoms with Crippen molar-refractivity contribution in [3.8, 4) is 0 Å². The number of nitrogens with zero attached hydrogens (tertiary/aromatic N) is 2. The van der Waals surface area contributed by atoms with E-state index in [2.05, 4.69) is 23.6 Å². The molecule has 0 saturated carbocycles. The van der Waals surface area contributed by atoms with Gasteiger partial charge in [-0.2, -0.15) is 0 Å². The number of aldehydes is 1. The predicted molar refractivity (Wildman–Crippen MR) is 107 cm³/mol. The third kappa shape index (κ3) is 2.99. The van der Waals surface area contributed by atoms with Gasteiger partial charge in [-0.1, -0.05) is 32.2 Å². The second-order valence-corrected chi connectivity index (χ2v) is 6.41. The maximum absolute atomic E-state index is 11.5. The lowest BCUT2D eigenvalue weighted by molar-refractivity contribution is -0.114. The first kappa shape index (κ1) is 19.0. The van der Waals surface area contributed by atoms with Crippen LogP contribution in [-0.2, 0) is 20.8 Å². The standard InChI is InChI=1S/C21H20N2O3.CH4/c1-13-17(12-25-2)16(20(11-24)26-3)9-19-21-15(10-23(13)19)8-14-6-4-5-7-18(14)22-21;/h4-9,11,20H,1,10,12H2,2-3H3;1H4. The fraction of sp³-hybridized carbons (Fsp3) is 0.273. The molecule has 4 rings (SSSR count). The van der Waals surface area contributed by atoms with Gasteiger partial charge in [-0.15, -0.1) is 0 Å². The Labute approximate surface area is 159 Å². The van der Waals surface area contributed by atoms with E-state index in [4.69, 9.17) is 14.5 Å². The normalized spacial score (nSPS) is 16.6. The van der Waals surface area contributed by atoms with Crippen molar-refractivity contribution in [3.05, 3.63) is 71.1 Å². The monoisotopic (exact) mass is 364 g/mol. The minimum absolute atomic E-state index is 0. The molecule has 5 nitrogen and oxygen atoms in total. The molecule has 0 bridgehead atoms. The second-order valence-electron chi connectivity index (χ2n) is 6.41. The smallest absolute Gasteiger partial charge is 0.153 e. The molecule has 0 spiro atoms. The summed E-state index contributed by atoms with van der Waals surface area (Å²) in [5.74, 6) is 0. The Morgan fingerprint density at radius 3 is 2.81 bits per heavy atom. The average molecular weight is 364 g/mol. The summed E-state index contributed by atoms with van der Waals surface area (Å²) >= 11 is 0. The molecule has 1 unspecified atom stereocenters. The number of pyridine rings is 1. The van der Waals surface area contributed by atoms with Crippen LogP contribution in [0.2, 0.25) is 0 Å². The van der Waals surface area contributed by atoms with Gasteiger partial charge in [0.2, 0.25) is 0 Å². The van der Waals surface area contributed by atoms with E-state index in [1.54, 1.807) is 7.11 Å². The highest BCUT2D eigenvalue weighted by atomic mass is 16.5. The first-order chi connectivity index (χ1) is 12.7. The number of ether oxygens (including phenoxy) is 2. The van der Waals surface area contributed by atoms with Gasteiger partial charge in [0.1, 0.15) is 6.10 Å². The van der Waals surface area contributed by atoms with Crippen LogP contribution < -0.4 is 0 Å². The Morgan fingerprint density at radius 1 is 1.33 bits per heavy atom. The van der Waals surface area contributed by atoms with Crippen molar-refractivity contribution in [2.75, 3.05) is 20.8 Å². The van der Waals surface area contributed by atoms with Crippen LogP contribution in [0.4, 0.5) is 0 Å². The second kappa shape index (κ2) is 7.47. The fourth-order valence-electron chi connectivity index (χ4n) is 3.66. The Morgan fingerprint density at radius 2 is 2.11 bits per heavy atom. The number of methoxy groups -OCH3 is 2. The molecule has 0 radical (unpaired) electrons. The van der Waals surface area contributed by atoms with E-state index < -0.39 is 6.10 Å². The lowest BCUT2D eigenvalue weighted by atomic mass is 9.95. The van der Waals surface area contributed by atoms with Crippen molar-refractivity contribution in [3.63, 3.8) is 0 Å². The van der Waals surface area contributed by atoms with Crippen LogP contribution in [0.5, 0.6) is 0 Å². The molecule has 140 valence electrons. The SMILES string of the molecule is C.C=C1C(COC)=C(C(C=O)OC)C=C2c3nc4ccccc4cc3CN12. The summed E-state index contributed by atoms with van der Waals surface area (Å²) in [6, 6.07) is 10.2. The summed E-state index contributed by atoms with van der Waals surface area (Å²) in [7, 11) is 3.16. The van der Waals surface area contributed by atoms with Gasteiger partial charge >= 0.3 is 0 Å². The number of benzene rings is 1. The molecule has 0 fully saturated rings. The minimum atomic E-state index is -0.656. The number of carbonyl (C=O) groups is 1. The van der Waals surface area contributed by atoms with Crippen LogP contribution in [0.1, 0.15) is 18.7 Å². The fourth-order valence-corrected chi connectivity index (χ4v) is 3.66. The summed E-state index contributed by atoms with van der Waals surface area (Å²) in [6.07, 6.45) is 2.13. The average Bonchev–Trinajstić information content (AvgIpc) is 3.01. The van der Waals surface area contributed by atoms with Gasteiger partial charge in [0, 0.05) is 36.4 Å². The summed E-state index contributed by atoms with van der Waals surface area (Å²) in [6.45, 7) is 5.33. The molecule has 2 aliphatic heterocycles. The van der Waals surface area contributed by atoms with Crippen molar-refractivity contribution in [2.45, 2.75) is 20.1 Å². The van der Waals surface area contributed by atoms with E-state index in [1.165, 1.54) is 7.11 Å². The molecule has 1 aromatic heterocycles. The van der Waals surface area contributed by atoms with Gasteiger partial charge in [-0.05, 0) is 23.8 Å². The molecule has 27 heavy (non-hydrogen) atoms. The number of rotatable bonds is 5. The zero-order valence-corrected chi connectivity index (χ0v) is 14.9. The molecule has 0 aliphatic carbocycles.